The van der Waals surface area contributed by atoms with Crippen LogP contribution in [0.1, 0.15) is 12.5 Å². The summed E-state index contributed by atoms with van der Waals surface area (Å²) in [5, 5.41) is 9.11. The molecule has 0 saturated heterocycles. The van der Waals surface area contributed by atoms with E-state index in [1.807, 2.05) is 19.1 Å². The lowest BCUT2D eigenvalue weighted by atomic mass is 10.2. The number of benzene rings is 2. The number of nitrogens with one attached hydrogen (secondary N) is 3. The number of hydrogen-bond acceptors (Lipinski definition) is 3. The van der Waals surface area contributed by atoms with Crippen LogP contribution in [0, 0.1) is 6.92 Å². The first-order valence-electron chi connectivity index (χ1n) is 7.11. The first-order valence-corrected chi connectivity index (χ1v) is 7.49. The second-order valence-electron chi connectivity index (χ2n) is 5.12. The third-order valence-electron chi connectivity index (χ3n) is 3.11. The summed E-state index contributed by atoms with van der Waals surface area (Å²) in [5.74, 6) is -0.309. The molecule has 0 radical (unpaired) electrons. The molecular weight excluding hydrogens is 314 g/mol. The van der Waals surface area contributed by atoms with Gasteiger partial charge in [0.15, 0.2) is 0 Å². The smallest absolute Gasteiger partial charge is 0.243 e. The molecule has 0 saturated carbocycles. The molecule has 2 amide bonds. The van der Waals surface area contributed by atoms with Crippen LogP contribution in [0.4, 0.5) is 17.1 Å². The highest BCUT2D eigenvalue weighted by atomic mass is 35.5. The fraction of sp³-hybridized carbons (Fsp3) is 0.176. The van der Waals surface area contributed by atoms with Gasteiger partial charge in [-0.2, -0.15) is 0 Å². The van der Waals surface area contributed by atoms with Crippen LogP contribution < -0.4 is 16.0 Å². The summed E-state index contributed by atoms with van der Waals surface area (Å²) < 4.78 is 0. The molecule has 3 N–H and O–H groups in total. The molecule has 6 heteroatoms. The highest BCUT2D eigenvalue weighted by Crippen LogP contribution is 2.19. The SMILES string of the molecule is CC(=O)Nc1ccc(NC(=O)CNc2ccc(C)c(Cl)c2)cc1. The van der Waals surface area contributed by atoms with Crippen LogP contribution in [-0.2, 0) is 9.59 Å². The quantitative estimate of drug-likeness (QED) is 0.783. The fourth-order valence-corrected chi connectivity index (χ4v) is 2.11. The van der Waals surface area contributed by atoms with Crippen molar-refractivity contribution in [3.63, 3.8) is 0 Å². The Bertz CT molecular complexity index is 714. The van der Waals surface area contributed by atoms with Crippen LogP contribution in [0.2, 0.25) is 5.02 Å². The van der Waals surface area contributed by atoms with Gasteiger partial charge in [-0.1, -0.05) is 17.7 Å². The van der Waals surface area contributed by atoms with Crippen molar-refractivity contribution in [1.29, 1.82) is 0 Å². The maximum Gasteiger partial charge on any atom is 0.243 e. The lowest BCUT2D eigenvalue weighted by Crippen LogP contribution is -2.21. The van der Waals surface area contributed by atoms with Crippen molar-refractivity contribution in [3.05, 3.63) is 53.1 Å². The maximum absolute atomic E-state index is 11.9. The fourth-order valence-electron chi connectivity index (χ4n) is 1.93. The number of hydrogen-bond donors (Lipinski definition) is 3. The maximum atomic E-state index is 11.9. The molecule has 0 spiro atoms. The van der Waals surface area contributed by atoms with Crippen LogP contribution in [0.3, 0.4) is 0 Å². The Labute approximate surface area is 140 Å². The molecule has 0 aromatic heterocycles. The average molecular weight is 332 g/mol. The van der Waals surface area contributed by atoms with E-state index in [0.29, 0.717) is 16.4 Å². The predicted molar refractivity (Wildman–Crippen MR) is 94.1 cm³/mol. The van der Waals surface area contributed by atoms with E-state index >= 15 is 0 Å². The highest BCUT2D eigenvalue weighted by molar-refractivity contribution is 6.31. The summed E-state index contributed by atoms with van der Waals surface area (Å²) >= 11 is 6.04. The predicted octanol–water partition coefficient (Wildman–Crippen LogP) is 3.66. The number of carbonyl (C=O) groups excluding carboxylic acids is 2. The van der Waals surface area contributed by atoms with Gasteiger partial charge in [0.05, 0.1) is 6.54 Å². The zero-order chi connectivity index (χ0) is 16.8. The van der Waals surface area contributed by atoms with E-state index < -0.39 is 0 Å². The standard InChI is InChI=1S/C17H18ClN3O2/c1-11-3-4-15(9-16(11)18)19-10-17(23)21-14-7-5-13(6-8-14)20-12(2)22/h3-9,19H,10H2,1-2H3,(H,20,22)(H,21,23). The van der Waals surface area contributed by atoms with Gasteiger partial charge < -0.3 is 16.0 Å². The molecule has 0 heterocycles. The lowest BCUT2D eigenvalue weighted by Gasteiger charge is -2.09. The van der Waals surface area contributed by atoms with Crippen LogP contribution >= 0.6 is 11.6 Å². The molecule has 120 valence electrons. The third kappa shape index (κ3) is 5.30. The molecule has 0 bridgehead atoms. The summed E-state index contributed by atoms with van der Waals surface area (Å²) in [6, 6.07) is 12.5. The molecule has 0 unspecified atom stereocenters. The van der Waals surface area contributed by atoms with Crippen molar-refractivity contribution in [2.75, 3.05) is 22.5 Å². The Morgan fingerprint density at radius 2 is 1.52 bits per heavy atom. The number of halogens is 1. The van der Waals surface area contributed by atoms with Crippen LogP contribution in [0.25, 0.3) is 0 Å². The van der Waals surface area contributed by atoms with E-state index in [9.17, 15) is 9.59 Å². The van der Waals surface area contributed by atoms with E-state index in [1.165, 1.54) is 6.92 Å². The van der Waals surface area contributed by atoms with E-state index in [1.54, 1.807) is 30.3 Å². The summed E-state index contributed by atoms with van der Waals surface area (Å²) in [6.45, 7) is 3.50. The highest BCUT2D eigenvalue weighted by Gasteiger charge is 2.04. The monoisotopic (exact) mass is 331 g/mol. The third-order valence-corrected chi connectivity index (χ3v) is 3.52. The van der Waals surface area contributed by atoms with Crippen LogP contribution in [-0.4, -0.2) is 18.4 Å². The molecule has 2 aromatic carbocycles. The van der Waals surface area contributed by atoms with E-state index in [4.69, 9.17) is 11.6 Å². The number of rotatable bonds is 5. The van der Waals surface area contributed by atoms with Gasteiger partial charge in [0.1, 0.15) is 0 Å². The number of carbonyl (C=O) groups is 2. The minimum Gasteiger partial charge on any atom is -0.376 e. The van der Waals surface area contributed by atoms with Gasteiger partial charge in [-0.05, 0) is 48.9 Å². The van der Waals surface area contributed by atoms with Gasteiger partial charge in [0.2, 0.25) is 11.8 Å². The lowest BCUT2D eigenvalue weighted by molar-refractivity contribution is -0.115. The molecule has 0 aliphatic carbocycles. The van der Waals surface area contributed by atoms with Crippen molar-refractivity contribution in [1.82, 2.24) is 0 Å². The molecule has 0 aliphatic rings. The second kappa shape index (κ2) is 7.65. The molecular formula is C17H18ClN3O2. The minimum absolute atomic E-state index is 0.132. The average Bonchev–Trinajstić information content (AvgIpc) is 2.50. The minimum atomic E-state index is -0.172. The van der Waals surface area contributed by atoms with Crippen LogP contribution in [0.15, 0.2) is 42.5 Å². The largest absolute Gasteiger partial charge is 0.376 e. The summed E-state index contributed by atoms with van der Waals surface area (Å²) in [6.07, 6.45) is 0. The van der Waals surface area contributed by atoms with Gasteiger partial charge in [-0.25, -0.2) is 0 Å². The van der Waals surface area contributed by atoms with E-state index in [-0.39, 0.29) is 18.4 Å². The normalized spacial score (nSPS) is 10.0. The van der Waals surface area contributed by atoms with Crippen molar-refractivity contribution in [2.45, 2.75) is 13.8 Å². The molecule has 2 aromatic rings. The number of amides is 2. The molecule has 23 heavy (non-hydrogen) atoms. The Morgan fingerprint density at radius 3 is 2.09 bits per heavy atom. The Morgan fingerprint density at radius 1 is 0.957 bits per heavy atom. The molecule has 0 fully saturated rings. The van der Waals surface area contributed by atoms with Crippen LogP contribution in [0.5, 0.6) is 0 Å². The van der Waals surface area contributed by atoms with Crippen molar-refractivity contribution >= 4 is 40.5 Å². The first-order chi connectivity index (χ1) is 10.9. The molecule has 0 aliphatic heterocycles. The zero-order valence-corrected chi connectivity index (χ0v) is 13.7. The molecule has 0 atom stereocenters. The van der Waals surface area contributed by atoms with Crippen molar-refractivity contribution < 1.29 is 9.59 Å². The van der Waals surface area contributed by atoms with Gasteiger partial charge >= 0.3 is 0 Å². The second-order valence-corrected chi connectivity index (χ2v) is 5.53. The number of aryl methyl sites for hydroxylation is 1. The summed E-state index contributed by atoms with van der Waals surface area (Å²) in [4.78, 5) is 22.9. The molecule has 2 rings (SSSR count). The molecule has 5 nitrogen and oxygen atoms in total. The van der Waals surface area contributed by atoms with E-state index in [2.05, 4.69) is 16.0 Å². The number of anilines is 3. The Kier molecular flexibility index (Phi) is 5.60. The van der Waals surface area contributed by atoms with Crippen molar-refractivity contribution in [2.24, 2.45) is 0 Å². The summed E-state index contributed by atoms with van der Waals surface area (Å²) in [5.41, 5.74) is 3.12. The first kappa shape index (κ1) is 16.8. The van der Waals surface area contributed by atoms with E-state index in [0.717, 1.165) is 11.3 Å². The van der Waals surface area contributed by atoms with Gasteiger partial charge in [-0.3, -0.25) is 9.59 Å². The topological polar surface area (TPSA) is 70.2 Å². The van der Waals surface area contributed by atoms with Gasteiger partial charge in [-0.15, -0.1) is 0 Å². The van der Waals surface area contributed by atoms with Crippen molar-refractivity contribution in [3.8, 4) is 0 Å². The summed E-state index contributed by atoms with van der Waals surface area (Å²) in [7, 11) is 0. The van der Waals surface area contributed by atoms with Gasteiger partial charge in [0.25, 0.3) is 0 Å². The Hall–Kier alpha value is -2.53. The Balaban J connectivity index is 1.86. The van der Waals surface area contributed by atoms with Gasteiger partial charge in [0, 0.05) is 29.0 Å². The zero-order valence-electron chi connectivity index (χ0n) is 12.9.